The van der Waals surface area contributed by atoms with Gasteiger partial charge >= 0.3 is 5.97 Å². The van der Waals surface area contributed by atoms with Crippen LogP contribution in [0.2, 0.25) is 0 Å². The second-order valence-corrected chi connectivity index (χ2v) is 6.30. The van der Waals surface area contributed by atoms with E-state index in [-0.39, 0.29) is 11.0 Å². The van der Waals surface area contributed by atoms with Gasteiger partial charge in [0, 0.05) is 6.42 Å². The molecule has 2 atom stereocenters. The number of rotatable bonds is 4. The molecule has 104 valence electrons. The fourth-order valence-corrected chi connectivity index (χ4v) is 3.16. The Labute approximate surface area is 111 Å². The van der Waals surface area contributed by atoms with Crippen LogP contribution in [0.15, 0.2) is 23.1 Å². The van der Waals surface area contributed by atoms with E-state index in [0.717, 1.165) is 5.56 Å². The summed E-state index contributed by atoms with van der Waals surface area (Å²) in [5.74, 6) is -0.542. The predicted molar refractivity (Wildman–Crippen MR) is 67.7 cm³/mol. The number of fused-ring (bicyclic) bond motifs is 1. The van der Waals surface area contributed by atoms with Crippen molar-refractivity contribution >= 4 is 16.0 Å². The fourth-order valence-electron chi connectivity index (χ4n) is 1.92. The maximum Gasteiger partial charge on any atom is 0.321 e. The number of sulfonamides is 1. The molecule has 0 amide bonds. The van der Waals surface area contributed by atoms with Gasteiger partial charge in [0.25, 0.3) is 0 Å². The molecule has 1 aromatic rings. The van der Waals surface area contributed by atoms with Crippen LogP contribution in [0.1, 0.15) is 19.4 Å². The van der Waals surface area contributed by atoms with Crippen molar-refractivity contribution in [2.24, 2.45) is 0 Å². The van der Waals surface area contributed by atoms with Crippen LogP contribution in [0, 0.1) is 0 Å². The van der Waals surface area contributed by atoms with Crippen LogP contribution >= 0.6 is 0 Å². The zero-order chi connectivity index (χ0) is 14.2. The summed E-state index contributed by atoms with van der Waals surface area (Å²) in [5, 5.41) is 8.73. The highest BCUT2D eigenvalue weighted by Gasteiger charge is 2.25. The number of ether oxygens (including phenoxy) is 1. The molecule has 6 nitrogen and oxygen atoms in total. The van der Waals surface area contributed by atoms with Gasteiger partial charge in [-0.3, -0.25) is 4.79 Å². The summed E-state index contributed by atoms with van der Waals surface area (Å²) in [4.78, 5) is 10.7. The van der Waals surface area contributed by atoms with E-state index in [0.29, 0.717) is 12.2 Å². The summed E-state index contributed by atoms with van der Waals surface area (Å²) in [7, 11) is -3.83. The van der Waals surface area contributed by atoms with Gasteiger partial charge in [0.15, 0.2) is 0 Å². The summed E-state index contributed by atoms with van der Waals surface area (Å²) in [5.41, 5.74) is 0.818. The molecule has 0 spiro atoms. The second kappa shape index (κ2) is 4.82. The van der Waals surface area contributed by atoms with E-state index in [9.17, 15) is 13.2 Å². The van der Waals surface area contributed by atoms with Crippen LogP contribution in [0.5, 0.6) is 5.75 Å². The maximum absolute atomic E-state index is 12.0. The molecule has 2 rings (SSSR count). The van der Waals surface area contributed by atoms with Crippen molar-refractivity contribution < 1.29 is 23.1 Å². The van der Waals surface area contributed by atoms with E-state index in [4.69, 9.17) is 9.84 Å². The van der Waals surface area contributed by atoms with Crippen molar-refractivity contribution in [1.29, 1.82) is 0 Å². The second-order valence-electron chi connectivity index (χ2n) is 4.58. The Bertz CT molecular complexity index is 611. The molecule has 0 saturated carbocycles. The molecule has 7 heteroatoms. The predicted octanol–water partition coefficient (Wildman–Crippen LogP) is 0.761. The Hall–Kier alpha value is -1.60. The summed E-state index contributed by atoms with van der Waals surface area (Å²) in [6.45, 7) is 3.18. The third kappa shape index (κ3) is 2.87. The third-order valence-corrected chi connectivity index (χ3v) is 4.42. The molecule has 0 radical (unpaired) electrons. The number of hydrogen-bond acceptors (Lipinski definition) is 4. The van der Waals surface area contributed by atoms with Crippen LogP contribution < -0.4 is 9.46 Å². The average molecular weight is 285 g/mol. The van der Waals surface area contributed by atoms with Crippen molar-refractivity contribution in [3.05, 3.63) is 23.8 Å². The quantitative estimate of drug-likeness (QED) is 0.852. The van der Waals surface area contributed by atoms with Crippen LogP contribution in [0.3, 0.4) is 0 Å². The molecule has 0 saturated heterocycles. The highest BCUT2D eigenvalue weighted by molar-refractivity contribution is 7.89. The number of carboxylic acids is 1. The Morgan fingerprint density at radius 1 is 1.53 bits per heavy atom. The van der Waals surface area contributed by atoms with Crippen molar-refractivity contribution in [2.75, 3.05) is 0 Å². The van der Waals surface area contributed by atoms with Crippen LogP contribution in [-0.4, -0.2) is 31.6 Å². The number of carboxylic acid groups (broad SMARTS) is 1. The first kappa shape index (κ1) is 13.8. The molecule has 0 aliphatic carbocycles. The lowest BCUT2D eigenvalue weighted by Crippen LogP contribution is -2.38. The maximum atomic E-state index is 12.0. The van der Waals surface area contributed by atoms with Gasteiger partial charge in [0.1, 0.15) is 17.9 Å². The number of benzene rings is 1. The smallest absolute Gasteiger partial charge is 0.321 e. The summed E-state index contributed by atoms with van der Waals surface area (Å²) in [6.07, 6.45) is 0.673. The van der Waals surface area contributed by atoms with Gasteiger partial charge in [0.05, 0.1) is 4.90 Å². The van der Waals surface area contributed by atoms with Crippen LogP contribution in [-0.2, 0) is 21.2 Å². The third-order valence-electron chi connectivity index (χ3n) is 2.88. The highest BCUT2D eigenvalue weighted by Crippen LogP contribution is 2.30. The zero-order valence-corrected chi connectivity index (χ0v) is 11.4. The molecule has 0 fully saturated rings. The standard InChI is InChI=1S/C12H15NO5S/c1-7-5-9-6-10(3-4-11(9)18-7)19(16,17)13-8(2)12(14)15/h3-4,6-8,13H,5H2,1-2H3,(H,14,15)/t7?,8-/m1/s1. The molecule has 2 N–H and O–H groups in total. The van der Waals surface area contributed by atoms with E-state index >= 15 is 0 Å². The Balaban J connectivity index is 2.27. The lowest BCUT2D eigenvalue weighted by molar-refractivity contribution is -0.138. The molecule has 1 aliphatic heterocycles. The average Bonchev–Trinajstić information content (AvgIpc) is 2.67. The van der Waals surface area contributed by atoms with Crippen molar-refractivity contribution in [1.82, 2.24) is 4.72 Å². The molecule has 1 aromatic carbocycles. The van der Waals surface area contributed by atoms with E-state index in [1.807, 2.05) is 6.92 Å². The van der Waals surface area contributed by atoms with Crippen LogP contribution in [0.4, 0.5) is 0 Å². The van der Waals surface area contributed by atoms with E-state index < -0.39 is 22.0 Å². The minimum absolute atomic E-state index is 0.0267. The summed E-state index contributed by atoms with van der Waals surface area (Å²) in [6, 6.07) is 3.36. The lowest BCUT2D eigenvalue weighted by Gasteiger charge is -2.10. The van der Waals surface area contributed by atoms with Gasteiger partial charge in [-0.15, -0.1) is 0 Å². The fraction of sp³-hybridized carbons (Fsp3) is 0.417. The minimum atomic E-state index is -3.83. The van der Waals surface area contributed by atoms with Gasteiger partial charge in [-0.2, -0.15) is 4.72 Å². The largest absolute Gasteiger partial charge is 0.490 e. The molecule has 0 aromatic heterocycles. The normalized spacial score (nSPS) is 19.6. The number of hydrogen-bond donors (Lipinski definition) is 2. The summed E-state index contributed by atoms with van der Waals surface area (Å²) < 4.78 is 31.6. The zero-order valence-electron chi connectivity index (χ0n) is 10.6. The lowest BCUT2D eigenvalue weighted by atomic mass is 10.1. The van der Waals surface area contributed by atoms with Gasteiger partial charge in [-0.05, 0) is 37.6 Å². The highest BCUT2D eigenvalue weighted by atomic mass is 32.2. The minimum Gasteiger partial charge on any atom is -0.490 e. The topological polar surface area (TPSA) is 92.7 Å². The van der Waals surface area contributed by atoms with Crippen molar-refractivity contribution in [2.45, 2.75) is 37.3 Å². The number of nitrogens with one attached hydrogen (secondary N) is 1. The first-order chi connectivity index (χ1) is 8.79. The van der Waals surface area contributed by atoms with Gasteiger partial charge < -0.3 is 9.84 Å². The van der Waals surface area contributed by atoms with Crippen molar-refractivity contribution in [3.63, 3.8) is 0 Å². The Morgan fingerprint density at radius 3 is 2.84 bits per heavy atom. The molecular formula is C12H15NO5S. The van der Waals surface area contributed by atoms with Crippen molar-refractivity contribution in [3.8, 4) is 5.75 Å². The summed E-state index contributed by atoms with van der Waals surface area (Å²) >= 11 is 0. The Morgan fingerprint density at radius 2 is 2.21 bits per heavy atom. The monoisotopic (exact) mass is 285 g/mol. The number of carbonyl (C=O) groups is 1. The molecule has 0 bridgehead atoms. The molecule has 1 aliphatic rings. The molecule has 19 heavy (non-hydrogen) atoms. The van der Waals surface area contributed by atoms with E-state index in [1.165, 1.54) is 19.1 Å². The molecule has 1 unspecified atom stereocenters. The first-order valence-electron chi connectivity index (χ1n) is 5.84. The van der Waals surface area contributed by atoms with Crippen LogP contribution in [0.25, 0.3) is 0 Å². The van der Waals surface area contributed by atoms with E-state index in [2.05, 4.69) is 4.72 Å². The first-order valence-corrected chi connectivity index (χ1v) is 7.32. The number of aliphatic carboxylic acids is 1. The molecular weight excluding hydrogens is 270 g/mol. The van der Waals surface area contributed by atoms with Gasteiger partial charge in [0.2, 0.25) is 10.0 Å². The molecule has 1 heterocycles. The van der Waals surface area contributed by atoms with Gasteiger partial charge in [-0.25, -0.2) is 8.42 Å². The Kier molecular flexibility index (Phi) is 3.51. The van der Waals surface area contributed by atoms with Gasteiger partial charge in [-0.1, -0.05) is 0 Å². The SMILES string of the molecule is CC1Cc2cc(S(=O)(=O)N[C@H](C)C(=O)O)ccc2O1. The van der Waals surface area contributed by atoms with E-state index in [1.54, 1.807) is 6.07 Å².